The third kappa shape index (κ3) is 3.71. The van der Waals surface area contributed by atoms with Gasteiger partial charge in [0.25, 0.3) is 0 Å². The van der Waals surface area contributed by atoms with E-state index in [2.05, 4.69) is 5.10 Å². The van der Waals surface area contributed by atoms with Gasteiger partial charge in [0.15, 0.2) is 0 Å². The summed E-state index contributed by atoms with van der Waals surface area (Å²) < 4.78 is 1.47. The molecule has 0 aromatic carbocycles. The van der Waals surface area contributed by atoms with Gasteiger partial charge >= 0.3 is 11.7 Å². The molecule has 0 atom stereocenters. The second-order valence-corrected chi connectivity index (χ2v) is 5.52. The Morgan fingerprint density at radius 3 is 2.38 bits per heavy atom. The lowest BCUT2D eigenvalue weighted by atomic mass is 10.1. The number of carboxylic acids is 1. The number of hydrogen-bond donors (Lipinski definition) is 1. The Bertz CT molecular complexity index is 537. The summed E-state index contributed by atoms with van der Waals surface area (Å²) in [6.07, 6.45) is -0.0858. The van der Waals surface area contributed by atoms with Gasteiger partial charge in [-0.3, -0.25) is 14.9 Å². The molecule has 0 saturated carbocycles. The van der Waals surface area contributed by atoms with Crippen LogP contribution in [0.3, 0.4) is 0 Å². The van der Waals surface area contributed by atoms with Crippen molar-refractivity contribution in [2.24, 2.45) is 7.05 Å². The molecule has 1 N–H and O–H groups in total. The summed E-state index contributed by atoms with van der Waals surface area (Å²) in [5.74, 6) is -0.659. The number of nitrogens with zero attached hydrogens (tertiary/aromatic N) is 4. The van der Waals surface area contributed by atoms with Crippen molar-refractivity contribution in [3.05, 3.63) is 15.8 Å². The van der Waals surface area contributed by atoms with Crippen molar-refractivity contribution >= 4 is 17.5 Å². The first-order valence-electron chi connectivity index (χ1n) is 6.86. The fourth-order valence-electron chi connectivity index (χ4n) is 2.23. The largest absolute Gasteiger partial charge is 0.481 e. The highest BCUT2D eigenvalue weighted by Crippen LogP contribution is 2.36. The van der Waals surface area contributed by atoms with Crippen LogP contribution in [0.2, 0.25) is 0 Å². The van der Waals surface area contributed by atoms with Gasteiger partial charge in [-0.05, 0) is 13.8 Å². The Morgan fingerprint density at radius 2 is 2.00 bits per heavy atom. The predicted molar refractivity (Wildman–Crippen MR) is 78.7 cm³/mol. The van der Waals surface area contributed by atoms with Gasteiger partial charge < -0.3 is 10.0 Å². The number of carbonyl (C=O) groups is 1. The molecule has 118 valence electrons. The molecule has 21 heavy (non-hydrogen) atoms. The summed E-state index contributed by atoms with van der Waals surface area (Å²) in [5, 5.41) is 24.5. The first-order valence-corrected chi connectivity index (χ1v) is 6.86. The minimum atomic E-state index is -0.936. The first kappa shape index (κ1) is 16.9. The fourth-order valence-corrected chi connectivity index (χ4v) is 2.23. The van der Waals surface area contributed by atoms with E-state index in [9.17, 15) is 14.9 Å². The molecule has 0 fully saturated rings. The van der Waals surface area contributed by atoms with Gasteiger partial charge in [0, 0.05) is 25.6 Å². The van der Waals surface area contributed by atoms with Crippen molar-refractivity contribution in [2.45, 2.75) is 46.1 Å². The second kappa shape index (κ2) is 6.55. The summed E-state index contributed by atoms with van der Waals surface area (Å²) >= 11 is 0. The van der Waals surface area contributed by atoms with E-state index in [-0.39, 0.29) is 30.6 Å². The Balaban J connectivity index is 3.36. The molecule has 1 rings (SSSR count). The lowest BCUT2D eigenvalue weighted by molar-refractivity contribution is -0.385. The smallest absolute Gasteiger partial charge is 0.334 e. The third-order valence-corrected chi connectivity index (χ3v) is 3.21. The number of carboxylic acid groups (broad SMARTS) is 1. The number of hydrogen-bond acceptors (Lipinski definition) is 5. The summed E-state index contributed by atoms with van der Waals surface area (Å²) in [4.78, 5) is 23.5. The van der Waals surface area contributed by atoms with Gasteiger partial charge in [0.05, 0.1) is 11.3 Å². The molecular formula is C13H22N4O4. The molecule has 8 heteroatoms. The Hall–Kier alpha value is -2.12. The van der Waals surface area contributed by atoms with Crippen LogP contribution in [0.1, 0.15) is 45.7 Å². The molecule has 0 bridgehead atoms. The summed E-state index contributed by atoms with van der Waals surface area (Å²) in [6, 6.07) is -0.0709. The maximum atomic E-state index is 11.4. The molecule has 0 aliphatic heterocycles. The minimum Gasteiger partial charge on any atom is -0.481 e. The fraction of sp³-hybridized carbons (Fsp3) is 0.692. The number of rotatable bonds is 7. The average molecular weight is 298 g/mol. The second-order valence-electron chi connectivity index (χ2n) is 5.52. The summed E-state index contributed by atoms with van der Waals surface area (Å²) in [7, 11) is 1.64. The van der Waals surface area contributed by atoms with Crippen LogP contribution in [-0.2, 0) is 11.8 Å². The Kier molecular flexibility index (Phi) is 5.28. The van der Waals surface area contributed by atoms with Gasteiger partial charge in [-0.15, -0.1) is 0 Å². The highest BCUT2D eigenvalue weighted by Gasteiger charge is 2.32. The van der Waals surface area contributed by atoms with Crippen molar-refractivity contribution in [1.82, 2.24) is 9.78 Å². The third-order valence-electron chi connectivity index (χ3n) is 3.21. The highest BCUT2D eigenvalue weighted by atomic mass is 16.6. The molecule has 0 amide bonds. The molecule has 0 radical (unpaired) electrons. The topological polar surface area (TPSA) is 102 Å². The van der Waals surface area contributed by atoms with Crippen LogP contribution >= 0.6 is 0 Å². The van der Waals surface area contributed by atoms with E-state index in [1.807, 2.05) is 27.7 Å². The zero-order valence-electron chi connectivity index (χ0n) is 13.0. The molecule has 0 unspecified atom stereocenters. The van der Waals surface area contributed by atoms with Gasteiger partial charge in [0.2, 0.25) is 5.82 Å². The van der Waals surface area contributed by atoms with Gasteiger partial charge in [-0.25, -0.2) is 4.68 Å². The molecule has 1 aromatic rings. The molecule has 1 aromatic heterocycles. The lowest BCUT2D eigenvalue weighted by Gasteiger charge is -2.27. The van der Waals surface area contributed by atoms with E-state index in [1.165, 1.54) is 4.68 Å². The predicted octanol–water partition coefficient (Wildman–Crippen LogP) is 2.14. The van der Waals surface area contributed by atoms with E-state index in [0.717, 1.165) is 0 Å². The molecule has 0 spiro atoms. The van der Waals surface area contributed by atoms with Crippen LogP contribution in [-0.4, -0.2) is 38.4 Å². The van der Waals surface area contributed by atoms with Crippen molar-refractivity contribution in [3.8, 4) is 0 Å². The quantitative estimate of drug-likeness (QED) is 0.611. The van der Waals surface area contributed by atoms with E-state index >= 15 is 0 Å². The number of aromatic nitrogens is 2. The van der Waals surface area contributed by atoms with Gasteiger partial charge in [-0.2, -0.15) is 5.10 Å². The molecule has 0 aliphatic rings. The summed E-state index contributed by atoms with van der Waals surface area (Å²) in [5.41, 5.74) is 0.380. The Morgan fingerprint density at radius 1 is 1.43 bits per heavy atom. The SMILES string of the molecule is CC(C)c1nn(C)c(N(CCC(=O)O)C(C)C)c1[N+](=O)[O-]. The van der Waals surface area contributed by atoms with Crippen LogP contribution in [0.4, 0.5) is 11.5 Å². The van der Waals surface area contributed by atoms with E-state index in [1.54, 1.807) is 11.9 Å². The Labute approximate surface area is 123 Å². The van der Waals surface area contributed by atoms with Crippen molar-refractivity contribution < 1.29 is 14.8 Å². The van der Waals surface area contributed by atoms with Crippen LogP contribution in [0, 0.1) is 10.1 Å². The van der Waals surface area contributed by atoms with Gasteiger partial charge in [-0.1, -0.05) is 13.8 Å². The lowest BCUT2D eigenvalue weighted by Crippen LogP contribution is -2.34. The number of anilines is 1. The molecule has 0 aliphatic carbocycles. The van der Waals surface area contributed by atoms with Crippen molar-refractivity contribution in [1.29, 1.82) is 0 Å². The number of nitro groups is 1. The van der Waals surface area contributed by atoms with Gasteiger partial charge in [0.1, 0.15) is 5.69 Å². The molecular weight excluding hydrogens is 276 g/mol. The monoisotopic (exact) mass is 298 g/mol. The maximum Gasteiger partial charge on any atom is 0.334 e. The molecule has 8 nitrogen and oxygen atoms in total. The molecule has 1 heterocycles. The standard InChI is InChI=1S/C13H22N4O4/c1-8(2)11-12(17(20)21)13(15(5)14-11)16(9(3)4)7-6-10(18)19/h8-9H,6-7H2,1-5H3,(H,18,19). The number of aryl methyl sites for hydroxylation is 1. The van der Waals surface area contributed by atoms with Crippen LogP contribution in [0.25, 0.3) is 0 Å². The number of aliphatic carboxylic acids is 1. The zero-order valence-corrected chi connectivity index (χ0v) is 13.0. The highest BCUT2D eigenvalue weighted by molar-refractivity contribution is 5.69. The molecule has 0 saturated heterocycles. The van der Waals surface area contributed by atoms with Crippen molar-refractivity contribution in [3.63, 3.8) is 0 Å². The van der Waals surface area contributed by atoms with Crippen molar-refractivity contribution in [2.75, 3.05) is 11.4 Å². The zero-order chi connectivity index (χ0) is 16.3. The van der Waals surface area contributed by atoms with Crippen LogP contribution < -0.4 is 4.90 Å². The van der Waals surface area contributed by atoms with E-state index in [4.69, 9.17) is 5.11 Å². The van der Waals surface area contributed by atoms with Crippen LogP contribution in [0.5, 0.6) is 0 Å². The average Bonchev–Trinajstić information content (AvgIpc) is 2.67. The minimum absolute atomic E-state index is 0.0356. The normalized spacial score (nSPS) is 11.2. The van der Waals surface area contributed by atoms with E-state index in [0.29, 0.717) is 11.5 Å². The van der Waals surface area contributed by atoms with E-state index < -0.39 is 10.9 Å². The summed E-state index contributed by atoms with van der Waals surface area (Å²) in [6.45, 7) is 7.62. The van der Waals surface area contributed by atoms with Crippen LogP contribution in [0.15, 0.2) is 0 Å². The maximum absolute atomic E-state index is 11.4. The first-order chi connectivity index (χ1) is 9.66.